The lowest BCUT2D eigenvalue weighted by molar-refractivity contribution is -0.139. The third-order valence-corrected chi connectivity index (χ3v) is 2.86. The van der Waals surface area contributed by atoms with Gasteiger partial charge < -0.3 is 10.4 Å². The molecule has 1 fully saturated rings. The molecule has 2 atom stereocenters. The van der Waals surface area contributed by atoms with Crippen LogP contribution in [0, 0.1) is 5.92 Å². The first-order valence-electron chi connectivity index (χ1n) is 5.24. The zero-order chi connectivity index (χ0) is 11.5. The van der Waals surface area contributed by atoms with E-state index in [0.717, 1.165) is 0 Å². The molecule has 0 amide bonds. The molecule has 0 aliphatic carbocycles. The van der Waals surface area contributed by atoms with Crippen molar-refractivity contribution in [1.82, 2.24) is 5.32 Å². The van der Waals surface area contributed by atoms with Gasteiger partial charge in [-0.3, -0.25) is 9.59 Å². The van der Waals surface area contributed by atoms with Crippen molar-refractivity contribution in [2.45, 2.75) is 12.5 Å². The van der Waals surface area contributed by atoms with Crippen molar-refractivity contribution >= 4 is 11.8 Å². The van der Waals surface area contributed by atoms with E-state index in [1.54, 1.807) is 12.1 Å². The van der Waals surface area contributed by atoms with Gasteiger partial charge in [0.2, 0.25) is 0 Å². The minimum absolute atomic E-state index is 0.0249. The van der Waals surface area contributed by atoms with Crippen LogP contribution in [0.4, 0.5) is 0 Å². The molecule has 1 aliphatic heterocycles. The van der Waals surface area contributed by atoms with Crippen LogP contribution in [0.25, 0.3) is 0 Å². The van der Waals surface area contributed by atoms with Gasteiger partial charge in [0.05, 0.1) is 0 Å². The van der Waals surface area contributed by atoms with Gasteiger partial charge in [-0.25, -0.2) is 0 Å². The molecule has 0 saturated carbocycles. The summed E-state index contributed by atoms with van der Waals surface area (Å²) in [6.07, 6.45) is 0.378. The van der Waals surface area contributed by atoms with Gasteiger partial charge in [0, 0.05) is 18.0 Å². The highest BCUT2D eigenvalue weighted by molar-refractivity contribution is 5.98. The monoisotopic (exact) mass is 219 g/mol. The van der Waals surface area contributed by atoms with Crippen LogP contribution in [0.2, 0.25) is 0 Å². The maximum atomic E-state index is 12.0. The van der Waals surface area contributed by atoms with Gasteiger partial charge in [0.15, 0.2) is 5.78 Å². The maximum Gasteiger partial charge on any atom is 0.320 e. The van der Waals surface area contributed by atoms with Crippen molar-refractivity contribution in [3.05, 3.63) is 35.9 Å². The first-order valence-corrected chi connectivity index (χ1v) is 5.24. The molecule has 1 unspecified atom stereocenters. The molecule has 16 heavy (non-hydrogen) atoms. The summed E-state index contributed by atoms with van der Waals surface area (Å²) in [4.78, 5) is 22.7. The third-order valence-electron chi connectivity index (χ3n) is 2.86. The summed E-state index contributed by atoms with van der Waals surface area (Å²) >= 11 is 0. The first-order chi connectivity index (χ1) is 7.68. The second kappa shape index (κ2) is 4.45. The fourth-order valence-electron chi connectivity index (χ4n) is 1.96. The summed E-state index contributed by atoms with van der Waals surface area (Å²) in [6, 6.07) is 8.41. The van der Waals surface area contributed by atoms with Crippen molar-refractivity contribution in [2.24, 2.45) is 5.92 Å². The minimum atomic E-state index is -0.886. The molecular formula is C12H13NO3. The fourth-order valence-corrected chi connectivity index (χ4v) is 1.96. The van der Waals surface area contributed by atoms with E-state index >= 15 is 0 Å². The Hall–Kier alpha value is -1.68. The smallest absolute Gasteiger partial charge is 0.320 e. The van der Waals surface area contributed by atoms with E-state index in [4.69, 9.17) is 5.11 Å². The number of hydrogen-bond donors (Lipinski definition) is 2. The van der Waals surface area contributed by atoms with E-state index < -0.39 is 12.0 Å². The summed E-state index contributed by atoms with van der Waals surface area (Å²) in [5, 5.41) is 11.6. The zero-order valence-corrected chi connectivity index (χ0v) is 8.72. The van der Waals surface area contributed by atoms with Crippen LogP contribution in [0.3, 0.4) is 0 Å². The van der Waals surface area contributed by atoms with Crippen LogP contribution >= 0.6 is 0 Å². The summed E-state index contributed by atoms with van der Waals surface area (Å²) in [5.74, 6) is -1.08. The molecule has 1 saturated heterocycles. The molecule has 2 N–H and O–H groups in total. The van der Waals surface area contributed by atoms with Crippen molar-refractivity contribution in [3.63, 3.8) is 0 Å². The van der Waals surface area contributed by atoms with Crippen LogP contribution in [-0.4, -0.2) is 29.4 Å². The van der Waals surface area contributed by atoms with Crippen molar-refractivity contribution in [2.75, 3.05) is 6.54 Å². The van der Waals surface area contributed by atoms with Crippen LogP contribution in [0.5, 0.6) is 0 Å². The van der Waals surface area contributed by atoms with Gasteiger partial charge in [-0.2, -0.15) is 0 Å². The molecule has 1 aromatic carbocycles. The van der Waals surface area contributed by atoms with E-state index in [2.05, 4.69) is 5.32 Å². The number of hydrogen-bond acceptors (Lipinski definition) is 3. The molecule has 1 aliphatic rings. The molecule has 4 nitrogen and oxygen atoms in total. The highest BCUT2D eigenvalue weighted by Crippen LogP contribution is 2.19. The van der Waals surface area contributed by atoms with E-state index in [1.807, 2.05) is 18.2 Å². The second-order valence-electron chi connectivity index (χ2n) is 3.96. The summed E-state index contributed by atoms with van der Waals surface area (Å²) in [7, 11) is 0. The van der Waals surface area contributed by atoms with E-state index in [-0.39, 0.29) is 11.7 Å². The van der Waals surface area contributed by atoms with Crippen molar-refractivity contribution < 1.29 is 14.7 Å². The summed E-state index contributed by atoms with van der Waals surface area (Å²) in [6.45, 7) is 0.449. The van der Waals surface area contributed by atoms with Gasteiger partial charge in [-0.1, -0.05) is 30.3 Å². The first kappa shape index (κ1) is 10.8. The van der Waals surface area contributed by atoms with Gasteiger partial charge >= 0.3 is 5.97 Å². The van der Waals surface area contributed by atoms with Crippen LogP contribution in [0.15, 0.2) is 30.3 Å². The van der Waals surface area contributed by atoms with Gasteiger partial charge in [0.1, 0.15) is 6.04 Å². The molecule has 0 spiro atoms. The van der Waals surface area contributed by atoms with Gasteiger partial charge in [-0.15, -0.1) is 0 Å². The molecule has 0 radical (unpaired) electrons. The van der Waals surface area contributed by atoms with Crippen molar-refractivity contribution in [3.8, 4) is 0 Å². The number of aliphatic carboxylic acids is 1. The number of carboxylic acid groups (broad SMARTS) is 1. The molecule has 1 heterocycles. The largest absolute Gasteiger partial charge is 0.480 e. The van der Waals surface area contributed by atoms with Crippen LogP contribution < -0.4 is 5.32 Å². The normalized spacial score (nSPS) is 24.2. The number of Topliss-reactive ketones (excluding diaryl/α,β-unsaturated/α-hetero) is 1. The lowest BCUT2D eigenvalue weighted by Gasteiger charge is -2.06. The highest BCUT2D eigenvalue weighted by Gasteiger charge is 2.33. The molecular weight excluding hydrogens is 206 g/mol. The van der Waals surface area contributed by atoms with E-state index in [9.17, 15) is 9.59 Å². The zero-order valence-electron chi connectivity index (χ0n) is 8.72. The Kier molecular flexibility index (Phi) is 3.01. The number of benzene rings is 1. The average molecular weight is 219 g/mol. The number of ketones is 1. The Morgan fingerprint density at radius 1 is 1.25 bits per heavy atom. The van der Waals surface area contributed by atoms with Crippen molar-refractivity contribution in [1.29, 1.82) is 0 Å². The average Bonchev–Trinajstić information content (AvgIpc) is 2.78. The predicted octanol–water partition coefficient (Wildman–Crippen LogP) is 0.932. The van der Waals surface area contributed by atoms with E-state index in [1.165, 1.54) is 0 Å². The highest BCUT2D eigenvalue weighted by atomic mass is 16.4. The molecule has 2 rings (SSSR count). The minimum Gasteiger partial charge on any atom is -0.480 e. The fraction of sp³-hybridized carbons (Fsp3) is 0.333. The Bertz CT molecular complexity index is 402. The lowest BCUT2D eigenvalue weighted by Crippen LogP contribution is -2.29. The molecule has 84 valence electrons. The Labute approximate surface area is 93.3 Å². The number of carbonyl (C=O) groups excluding carboxylic acids is 1. The topological polar surface area (TPSA) is 66.4 Å². The van der Waals surface area contributed by atoms with Gasteiger partial charge in [-0.05, 0) is 6.42 Å². The quantitative estimate of drug-likeness (QED) is 0.742. The third kappa shape index (κ3) is 2.12. The Morgan fingerprint density at radius 2 is 1.94 bits per heavy atom. The maximum absolute atomic E-state index is 12.0. The summed E-state index contributed by atoms with van der Waals surface area (Å²) in [5.41, 5.74) is 0.653. The number of carbonyl (C=O) groups is 2. The molecule has 0 aromatic heterocycles. The van der Waals surface area contributed by atoms with E-state index in [0.29, 0.717) is 18.5 Å². The number of carboxylic acids is 1. The van der Waals surface area contributed by atoms with Gasteiger partial charge in [0.25, 0.3) is 0 Å². The molecule has 1 aromatic rings. The lowest BCUT2D eigenvalue weighted by atomic mass is 9.95. The standard InChI is InChI=1S/C12H13NO3/c14-11(8-4-2-1-3-5-8)9-6-10(12(15)16)13-7-9/h1-5,9-10,13H,6-7H2,(H,15,16)/t9?,10-/m0/s1. The molecule has 4 heteroatoms. The summed E-state index contributed by atoms with van der Waals surface area (Å²) < 4.78 is 0. The van der Waals surface area contributed by atoms with Crippen LogP contribution in [-0.2, 0) is 4.79 Å². The Morgan fingerprint density at radius 3 is 2.50 bits per heavy atom. The second-order valence-corrected chi connectivity index (χ2v) is 3.96. The molecule has 0 bridgehead atoms. The SMILES string of the molecule is O=C(c1ccccc1)C1CN[C@H](C(=O)O)C1. The number of nitrogens with one attached hydrogen (secondary N) is 1. The Balaban J connectivity index is 2.05. The predicted molar refractivity (Wildman–Crippen MR) is 58.3 cm³/mol. The van der Waals surface area contributed by atoms with Crippen LogP contribution in [0.1, 0.15) is 16.8 Å². The number of rotatable bonds is 3.